The van der Waals surface area contributed by atoms with Crippen LogP contribution in [-0.2, 0) is 0 Å². The lowest BCUT2D eigenvalue weighted by Crippen LogP contribution is -2.45. The predicted molar refractivity (Wildman–Crippen MR) is 90.9 cm³/mol. The quantitative estimate of drug-likeness (QED) is 0.925. The summed E-state index contributed by atoms with van der Waals surface area (Å²) in [5, 5.41) is 1.90. The zero-order chi connectivity index (χ0) is 14.8. The number of carbonyl (C=O) groups excluding carboxylic acids is 1. The summed E-state index contributed by atoms with van der Waals surface area (Å²) >= 11 is 0. The van der Waals surface area contributed by atoms with Gasteiger partial charge in [-0.25, -0.2) is 0 Å². The van der Waals surface area contributed by atoms with Gasteiger partial charge < -0.3 is 15.4 Å². The fraction of sp³-hybridized carbons (Fsp3) is 0.353. The second kappa shape index (κ2) is 6.99. The van der Waals surface area contributed by atoms with Crippen LogP contribution in [0, 0.1) is 0 Å². The largest absolute Gasteiger partial charge is 0.496 e. The Bertz CT molecular complexity index is 675. The van der Waals surface area contributed by atoms with Gasteiger partial charge in [0.2, 0.25) is 0 Å². The van der Waals surface area contributed by atoms with E-state index in [-0.39, 0.29) is 24.4 Å². The van der Waals surface area contributed by atoms with Crippen LogP contribution in [0.4, 0.5) is 0 Å². The molecule has 0 spiro atoms. The average molecular weight is 321 g/mol. The number of fused-ring (bicyclic) bond motifs is 1. The van der Waals surface area contributed by atoms with E-state index in [1.807, 2.05) is 41.3 Å². The highest BCUT2D eigenvalue weighted by Crippen LogP contribution is 2.29. The minimum absolute atomic E-state index is 0. The first kappa shape index (κ1) is 16.6. The maximum absolute atomic E-state index is 12.8. The van der Waals surface area contributed by atoms with E-state index in [0.29, 0.717) is 6.54 Å². The van der Waals surface area contributed by atoms with Crippen molar-refractivity contribution in [3.63, 3.8) is 0 Å². The van der Waals surface area contributed by atoms with E-state index in [0.717, 1.165) is 41.5 Å². The van der Waals surface area contributed by atoms with Crippen LogP contribution >= 0.6 is 12.4 Å². The number of nitrogens with two attached hydrogens (primary N) is 1. The molecular formula is C17H21ClN2O2. The minimum Gasteiger partial charge on any atom is -0.496 e. The van der Waals surface area contributed by atoms with Gasteiger partial charge in [-0.15, -0.1) is 12.4 Å². The van der Waals surface area contributed by atoms with E-state index in [1.54, 1.807) is 7.11 Å². The number of piperidine rings is 1. The molecule has 0 bridgehead atoms. The number of likely N-dealkylation sites (tertiary alicyclic amines) is 1. The van der Waals surface area contributed by atoms with Crippen LogP contribution < -0.4 is 10.5 Å². The Hall–Kier alpha value is -1.78. The van der Waals surface area contributed by atoms with Crippen molar-refractivity contribution in [2.45, 2.75) is 18.9 Å². The van der Waals surface area contributed by atoms with E-state index in [2.05, 4.69) is 0 Å². The molecule has 1 amide bonds. The standard InChI is InChI=1S/C17H20N2O2.ClH/c1-21-16-9-8-15(13-6-2-3-7-14(13)16)17(20)19-10-4-5-12(18)11-19;/h2-3,6-9,12H,4-5,10-11,18H2,1H3;1H. The number of ether oxygens (including phenoxy) is 1. The zero-order valence-electron chi connectivity index (χ0n) is 12.6. The highest BCUT2D eigenvalue weighted by Gasteiger charge is 2.23. The predicted octanol–water partition coefficient (Wildman–Crippen LogP) is 2.83. The van der Waals surface area contributed by atoms with E-state index < -0.39 is 0 Å². The molecule has 1 aliphatic heterocycles. The molecule has 2 aromatic carbocycles. The number of hydrogen-bond acceptors (Lipinski definition) is 3. The van der Waals surface area contributed by atoms with E-state index >= 15 is 0 Å². The van der Waals surface area contributed by atoms with Gasteiger partial charge in [-0.2, -0.15) is 0 Å². The molecule has 0 radical (unpaired) electrons. The fourth-order valence-corrected chi connectivity index (χ4v) is 3.00. The van der Waals surface area contributed by atoms with Gasteiger partial charge in [-0.05, 0) is 30.4 Å². The Morgan fingerprint density at radius 2 is 1.95 bits per heavy atom. The summed E-state index contributed by atoms with van der Waals surface area (Å²) in [5.74, 6) is 0.849. The number of halogens is 1. The lowest BCUT2D eigenvalue weighted by Gasteiger charge is -2.31. The Balaban J connectivity index is 0.00000176. The van der Waals surface area contributed by atoms with Crippen LogP contribution in [0.15, 0.2) is 36.4 Å². The third-order valence-corrected chi connectivity index (χ3v) is 4.08. The van der Waals surface area contributed by atoms with Crippen molar-refractivity contribution in [1.82, 2.24) is 4.90 Å². The molecule has 22 heavy (non-hydrogen) atoms. The molecule has 0 aliphatic carbocycles. The van der Waals surface area contributed by atoms with Gasteiger partial charge in [0.15, 0.2) is 0 Å². The van der Waals surface area contributed by atoms with Crippen molar-refractivity contribution in [1.29, 1.82) is 0 Å². The Kier molecular flexibility index (Phi) is 5.27. The SMILES string of the molecule is COc1ccc(C(=O)N2CCCC(N)C2)c2ccccc12.Cl. The van der Waals surface area contributed by atoms with Crippen LogP contribution in [0.5, 0.6) is 5.75 Å². The van der Waals surface area contributed by atoms with Gasteiger partial charge in [0.1, 0.15) is 5.75 Å². The van der Waals surface area contributed by atoms with Crippen molar-refractivity contribution < 1.29 is 9.53 Å². The van der Waals surface area contributed by atoms with Crippen molar-refractivity contribution >= 4 is 29.1 Å². The van der Waals surface area contributed by atoms with Gasteiger partial charge in [-0.3, -0.25) is 4.79 Å². The monoisotopic (exact) mass is 320 g/mol. The normalized spacial score (nSPS) is 17.9. The summed E-state index contributed by atoms with van der Waals surface area (Å²) in [5.41, 5.74) is 6.71. The first-order chi connectivity index (χ1) is 10.2. The molecule has 1 fully saturated rings. The summed E-state index contributed by atoms with van der Waals surface area (Å²) in [6.07, 6.45) is 1.97. The summed E-state index contributed by atoms with van der Waals surface area (Å²) in [4.78, 5) is 14.7. The molecule has 2 N–H and O–H groups in total. The molecule has 4 nitrogen and oxygen atoms in total. The van der Waals surface area contributed by atoms with Crippen LogP contribution in [-0.4, -0.2) is 37.0 Å². The molecule has 1 saturated heterocycles. The highest BCUT2D eigenvalue weighted by atomic mass is 35.5. The Morgan fingerprint density at radius 1 is 1.23 bits per heavy atom. The van der Waals surface area contributed by atoms with Gasteiger partial charge in [-0.1, -0.05) is 24.3 Å². The molecule has 1 atom stereocenters. The van der Waals surface area contributed by atoms with Crippen LogP contribution in [0.25, 0.3) is 10.8 Å². The second-order valence-electron chi connectivity index (χ2n) is 5.51. The number of rotatable bonds is 2. The van der Waals surface area contributed by atoms with E-state index in [1.165, 1.54) is 0 Å². The third-order valence-electron chi connectivity index (χ3n) is 4.08. The molecule has 1 aliphatic rings. The molecule has 3 rings (SSSR count). The number of hydrogen-bond donors (Lipinski definition) is 1. The molecule has 0 aromatic heterocycles. The van der Waals surface area contributed by atoms with Gasteiger partial charge in [0.25, 0.3) is 5.91 Å². The molecule has 5 heteroatoms. The fourth-order valence-electron chi connectivity index (χ4n) is 3.00. The van der Waals surface area contributed by atoms with Crippen molar-refractivity contribution in [3.05, 3.63) is 42.0 Å². The number of carbonyl (C=O) groups is 1. The molecule has 1 unspecified atom stereocenters. The topological polar surface area (TPSA) is 55.6 Å². The third kappa shape index (κ3) is 3.03. The van der Waals surface area contributed by atoms with Gasteiger partial charge in [0, 0.05) is 30.1 Å². The first-order valence-corrected chi connectivity index (χ1v) is 7.31. The summed E-state index contributed by atoms with van der Waals surface area (Å²) < 4.78 is 5.38. The van der Waals surface area contributed by atoms with E-state index in [9.17, 15) is 4.79 Å². The second-order valence-corrected chi connectivity index (χ2v) is 5.51. The summed E-state index contributed by atoms with van der Waals surface area (Å²) in [7, 11) is 1.65. The molecular weight excluding hydrogens is 300 g/mol. The summed E-state index contributed by atoms with van der Waals surface area (Å²) in [6.45, 7) is 1.42. The number of amides is 1. The zero-order valence-corrected chi connectivity index (χ0v) is 13.4. The Morgan fingerprint density at radius 3 is 2.64 bits per heavy atom. The van der Waals surface area contributed by atoms with Crippen molar-refractivity contribution in [2.75, 3.05) is 20.2 Å². The number of benzene rings is 2. The number of methoxy groups -OCH3 is 1. The maximum Gasteiger partial charge on any atom is 0.254 e. The molecule has 2 aromatic rings. The van der Waals surface area contributed by atoms with Crippen LogP contribution in [0.2, 0.25) is 0 Å². The maximum atomic E-state index is 12.8. The van der Waals surface area contributed by atoms with E-state index in [4.69, 9.17) is 10.5 Å². The lowest BCUT2D eigenvalue weighted by molar-refractivity contribution is 0.0711. The lowest BCUT2D eigenvalue weighted by atomic mass is 10.0. The van der Waals surface area contributed by atoms with Gasteiger partial charge >= 0.3 is 0 Å². The average Bonchev–Trinajstić information content (AvgIpc) is 2.53. The van der Waals surface area contributed by atoms with Crippen molar-refractivity contribution in [2.24, 2.45) is 5.73 Å². The first-order valence-electron chi connectivity index (χ1n) is 7.31. The number of nitrogens with zero attached hydrogens (tertiary/aromatic N) is 1. The Labute approximate surface area is 136 Å². The smallest absolute Gasteiger partial charge is 0.254 e. The van der Waals surface area contributed by atoms with Gasteiger partial charge in [0.05, 0.1) is 7.11 Å². The summed E-state index contributed by atoms with van der Waals surface area (Å²) in [6, 6.07) is 11.6. The minimum atomic E-state index is 0. The molecule has 0 saturated carbocycles. The highest BCUT2D eigenvalue weighted by molar-refractivity contribution is 6.08. The molecule has 118 valence electrons. The molecule has 1 heterocycles. The van der Waals surface area contributed by atoms with Crippen molar-refractivity contribution in [3.8, 4) is 5.75 Å². The van der Waals surface area contributed by atoms with Crippen LogP contribution in [0.3, 0.4) is 0 Å². The van der Waals surface area contributed by atoms with Crippen LogP contribution in [0.1, 0.15) is 23.2 Å².